The van der Waals surface area contributed by atoms with Gasteiger partial charge in [0, 0.05) is 22.5 Å². The molecule has 4 rings (SSSR count). The first-order chi connectivity index (χ1) is 11.5. The van der Waals surface area contributed by atoms with E-state index in [-0.39, 0.29) is 5.91 Å². The van der Waals surface area contributed by atoms with Crippen LogP contribution in [0, 0.1) is 13.8 Å². The first kappa shape index (κ1) is 16.0. The Morgan fingerprint density at radius 3 is 2.71 bits per heavy atom. The van der Waals surface area contributed by atoms with Crippen LogP contribution in [0.2, 0.25) is 5.02 Å². The number of amides is 1. The average Bonchev–Trinajstić information content (AvgIpc) is 3.11. The Labute approximate surface area is 146 Å². The maximum absolute atomic E-state index is 13.2. The number of hydrogen-bond donors (Lipinski definition) is 0. The zero-order valence-electron chi connectivity index (χ0n) is 14.2. The molecule has 2 fully saturated rings. The molecule has 0 atom stereocenters. The second-order valence-corrected chi connectivity index (χ2v) is 7.37. The number of furan rings is 1. The molecular formula is C19H22ClNO3. The number of aryl methyl sites for hydroxylation is 2. The Hall–Kier alpha value is -1.52. The normalized spacial score (nSPS) is 20.2. The molecule has 2 aliphatic rings. The molecule has 2 heterocycles. The van der Waals surface area contributed by atoms with Gasteiger partial charge in [0.1, 0.15) is 11.3 Å². The fourth-order valence-corrected chi connectivity index (χ4v) is 4.25. The summed E-state index contributed by atoms with van der Waals surface area (Å²) in [5, 5.41) is 1.60. The van der Waals surface area contributed by atoms with E-state index in [1.54, 1.807) is 0 Å². The minimum absolute atomic E-state index is 0.0584. The minimum atomic E-state index is -0.422. The van der Waals surface area contributed by atoms with E-state index in [2.05, 4.69) is 0 Å². The Bertz CT molecular complexity index is 805. The highest BCUT2D eigenvalue weighted by Crippen LogP contribution is 2.40. The molecule has 1 aliphatic heterocycles. The largest absolute Gasteiger partial charge is 0.451 e. The van der Waals surface area contributed by atoms with Crippen molar-refractivity contribution in [2.45, 2.75) is 51.7 Å². The summed E-state index contributed by atoms with van der Waals surface area (Å²) in [6.07, 6.45) is 5.27. The molecule has 0 radical (unpaired) electrons. The highest BCUT2D eigenvalue weighted by atomic mass is 35.5. The summed E-state index contributed by atoms with van der Waals surface area (Å²) in [7, 11) is 0. The molecule has 4 nitrogen and oxygen atoms in total. The van der Waals surface area contributed by atoms with Crippen LogP contribution in [0.5, 0.6) is 0 Å². The molecule has 1 saturated heterocycles. The van der Waals surface area contributed by atoms with E-state index in [4.69, 9.17) is 20.8 Å². The average molecular weight is 348 g/mol. The van der Waals surface area contributed by atoms with Crippen LogP contribution in [0.15, 0.2) is 16.5 Å². The first-order valence-corrected chi connectivity index (χ1v) is 9.05. The van der Waals surface area contributed by atoms with Crippen LogP contribution in [0.3, 0.4) is 0 Å². The number of hydrogen-bond acceptors (Lipinski definition) is 3. The summed E-state index contributed by atoms with van der Waals surface area (Å²) in [6, 6.07) is 3.79. The van der Waals surface area contributed by atoms with Gasteiger partial charge in [-0.3, -0.25) is 4.79 Å². The maximum Gasteiger partial charge on any atom is 0.292 e. The summed E-state index contributed by atoms with van der Waals surface area (Å²) in [5.41, 5.74) is 2.10. The van der Waals surface area contributed by atoms with Crippen molar-refractivity contribution in [1.82, 2.24) is 4.90 Å². The van der Waals surface area contributed by atoms with Gasteiger partial charge in [-0.05, 0) is 57.2 Å². The number of halogens is 1. The van der Waals surface area contributed by atoms with E-state index in [1.807, 2.05) is 30.9 Å². The van der Waals surface area contributed by atoms with Crippen LogP contribution in [-0.4, -0.2) is 29.7 Å². The molecule has 1 aromatic carbocycles. The molecule has 1 saturated carbocycles. The zero-order chi connectivity index (χ0) is 16.9. The summed E-state index contributed by atoms with van der Waals surface area (Å²) in [4.78, 5) is 15.1. The summed E-state index contributed by atoms with van der Waals surface area (Å²) in [6.45, 7) is 5.10. The number of ether oxygens (including phenoxy) is 1. The van der Waals surface area contributed by atoms with E-state index in [1.165, 1.54) is 6.42 Å². The van der Waals surface area contributed by atoms with Crippen LogP contribution in [-0.2, 0) is 4.74 Å². The lowest BCUT2D eigenvalue weighted by Crippen LogP contribution is -2.49. The lowest BCUT2D eigenvalue weighted by Gasteiger charge is -2.39. The molecule has 128 valence electrons. The Morgan fingerprint density at radius 1 is 1.21 bits per heavy atom. The van der Waals surface area contributed by atoms with Crippen molar-refractivity contribution in [1.29, 1.82) is 0 Å². The fraction of sp³-hybridized carbons (Fsp3) is 0.526. The lowest BCUT2D eigenvalue weighted by atomic mass is 9.90. The van der Waals surface area contributed by atoms with Crippen molar-refractivity contribution in [3.05, 3.63) is 34.0 Å². The van der Waals surface area contributed by atoms with Crippen molar-refractivity contribution in [2.75, 3.05) is 13.2 Å². The molecule has 1 aliphatic carbocycles. The molecule has 1 aromatic heterocycles. The van der Waals surface area contributed by atoms with E-state index >= 15 is 0 Å². The topological polar surface area (TPSA) is 42.7 Å². The van der Waals surface area contributed by atoms with Gasteiger partial charge in [0.2, 0.25) is 0 Å². The van der Waals surface area contributed by atoms with Crippen molar-refractivity contribution in [2.24, 2.45) is 0 Å². The quantitative estimate of drug-likeness (QED) is 0.741. The van der Waals surface area contributed by atoms with Gasteiger partial charge in [-0.15, -0.1) is 0 Å². The van der Waals surface area contributed by atoms with Gasteiger partial charge in [-0.2, -0.15) is 0 Å². The number of carbonyl (C=O) groups is 1. The number of carbonyl (C=O) groups excluding carboxylic acids is 1. The van der Waals surface area contributed by atoms with E-state index < -0.39 is 5.72 Å². The molecule has 2 aromatic rings. The Balaban J connectivity index is 1.74. The fourth-order valence-electron chi connectivity index (χ4n) is 4.08. The zero-order valence-corrected chi connectivity index (χ0v) is 14.9. The Morgan fingerprint density at radius 2 is 1.96 bits per heavy atom. The van der Waals surface area contributed by atoms with E-state index in [0.717, 1.165) is 47.8 Å². The van der Waals surface area contributed by atoms with E-state index in [9.17, 15) is 4.79 Å². The number of fused-ring (bicyclic) bond motifs is 1. The molecule has 1 spiro atoms. The van der Waals surface area contributed by atoms with Crippen molar-refractivity contribution in [3.63, 3.8) is 0 Å². The Kier molecular flexibility index (Phi) is 3.85. The van der Waals surface area contributed by atoms with Gasteiger partial charge < -0.3 is 14.1 Å². The van der Waals surface area contributed by atoms with Gasteiger partial charge in [-0.1, -0.05) is 18.0 Å². The van der Waals surface area contributed by atoms with Gasteiger partial charge in [0.05, 0.1) is 6.61 Å². The van der Waals surface area contributed by atoms with Crippen molar-refractivity contribution in [3.8, 4) is 0 Å². The standard InChI is InChI=1S/C19H22ClNO3/c1-12-10-16-14(11-15(12)20)13(2)17(24-16)18(22)21-8-9-23-19(21)6-4-3-5-7-19/h10-11H,3-9H2,1-2H3. The number of nitrogens with zero attached hydrogens (tertiary/aromatic N) is 1. The molecule has 24 heavy (non-hydrogen) atoms. The molecule has 0 bridgehead atoms. The summed E-state index contributed by atoms with van der Waals surface area (Å²) in [5.74, 6) is 0.360. The maximum atomic E-state index is 13.2. The van der Waals surface area contributed by atoms with Crippen LogP contribution >= 0.6 is 11.6 Å². The third kappa shape index (κ3) is 2.35. The lowest BCUT2D eigenvalue weighted by molar-refractivity contribution is -0.0925. The van der Waals surface area contributed by atoms with Crippen LogP contribution < -0.4 is 0 Å². The van der Waals surface area contributed by atoms with Gasteiger partial charge >= 0.3 is 0 Å². The van der Waals surface area contributed by atoms with Crippen molar-refractivity contribution < 1.29 is 13.9 Å². The number of rotatable bonds is 1. The number of benzene rings is 1. The van der Waals surface area contributed by atoms with Crippen molar-refractivity contribution >= 4 is 28.5 Å². The van der Waals surface area contributed by atoms with Crippen LogP contribution in [0.25, 0.3) is 11.0 Å². The predicted molar refractivity (Wildman–Crippen MR) is 93.5 cm³/mol. The monoisotopic (exact) mass is 347 g/mol. The smallest absolute Gasteiger partial charge is 0.292 e. The van der Waals surface area contributed by atoms with E-state index in [0.29, 0.717) is 23.9 Å². The molecule has 0 unspecified atom stereocenters. The molecule has 5 heteroatoms. The van der Waals surface area contributed by atoms with Crippen LogP contribution in [0.4, 0.5) is 0 Å². The summed E-state index contributed by atoms with van der Waals surface area (Å²) < 4.78 is 12.0. The molecule has 0 N–H and O–H groups in total. The predicted octanol–water partition coefficient (Wildman–Crippen LogP) is 4.84. The second-order valence-electron chi connectivity index (χ2n) is 6.97. The summed E-state index contributed by atoms with van der Waals surface area (Å²) >= 11 is 6.24. The third-order valence-corrected chi connectivity index (χ3v) is 5.88. The SMILES string of the molecule is Cc1cc2oc(C(=O)N3CCOC34CCCCC4)c(C)c2cc1Cl. The van der Waals surface area contributed by atoms with Gasteiger partial charge in [0.15, 0.2) is 5.76 Å². The van der Waals surface area contributed by atoms with Crippen LogP contribution in [0.1, 0.15) is 53.8 Å². The third-order valence-electron chi connectivity index (χ3n) is 5.47. The second kappa shape index (κ2) is 5.78. The molecular weight excluding hydrogens is 326 g/mol. The van der Waals surface area contributed by atoms with Gasteiger partial charge in [0.25, 0.3) is 5.91 Å². The highest BCUT2D eigenvalue weighted by Gasteiger charge is 2.46. The molecule has 1 amide bonds. The minimum Gasteiger partial charge on any atom is -0.451 e. The first-order valence-electron chi connectivity index (χ1n) is 8.67. The van der Waals surface area contributed by atoms with Gasteiger partial charge in [-0.25, -0.2) is 0 Å². The highest BCUT2D eigenvalue weighted by molar-refractivity contribution is 6.32.